The highest BCUT2D eigenvalue weighted by molar-refractivity contribution is 6.28. The fourth-order valence-corrected chi connectivity index (χ4v) is 2.16. The molecule has 1 saturated carbocycles. The Hall–Kier alpha value is -1.33. The van der Waals surface area contributed by atoms with E-state index in [9.17, 15) is 4.79 Å². The Labute approximate surface area is 95.0 Å². The third-order valence-corrected chi connectivity index (χ3v) is 3.07. The van der Waals surface area contributed by atoms with E-state index in [0.717, 1.165) is 25.7 Å². The molecule has 1 aliphatic rings. The maximum atomic E-state index is 11.3. The van der Waals surface area contributed by atoms with Gasteiger partial charge in [-0.2, -0.15) is 0 Å². The Morgan fingerprint density at radius 3 is 2.62 bits per heavy atom. The second kappa shape index (κ2) is 4.68. The minimum absolute atomic E-state index is 0.0153. The highest BCUT2D eigenvalue weighted by Crippen LogP contribution is 2.34. The number of nitrogens with zero attached hydrogens (tertiary/aromatic N) is 2. The smallest absolute Gasteiger partial charge is 0.308 e. The molecule has 0 amide bonds. The summed E-state index contributed by atoms with van der Waals surface area (Å²) in [7, 11) is 6.82. The predicted octanol–water partition coefficient (Wildman–Crippen LogP) is 0.310. The molecule has 2 rings (SSSR count). The maximum Gasteiger partial charge on any atom is 0.308 e. The van der Waals surface area contributed by atoms with Gasteiger partial charge in [0, 0.05) is 5.92 Å². The van der Waals surface area contributed by atoms with Crippen molar-refractivity contribution in [3.05, 3.63) is 5.89 Å². The first kappa shape index (κ1) is 11.2. The summed E-state index contributed by atoms with van der Waals surface area (Å²) in [6.07, 6.45) is 3.34. The molecular formula is C10H13BN2O3. The van der Waals surface area contributed by atoms with Gasteiger partial charge in [-0.05, 0) is 25.7 Å². The van der Waals surface area contributed by atoms with Crippen LogP contribution < -0.4 is 5.72 Å². The van der Waals surface area contributed by atoms with E-state index < -0.39 is 0 Å². The first-order chi connectivity index (χ1) is 7.70. The Balaban J connectivity index is 1.92. The summed E-state index contributed by atoms with van der Waals surface area (Å²) in [5.74, 6) is 0.705. The van der Waals surface area contributed by atoms with E-state index in [1.165, 1.54) is 7.11 Å². The zero-order valence-electron chi connectivity index (χ0n) is 9.18. The zero-order valence-corrected chi connectivity index (χ0v) is 9.18. The molecule has 0 unspecified atom stereocenters. The van der Waals surface area contributed by atoms with Crippen LogP contribution in [0.25, 0.3) is 0 Å². The largest absolute Gasteiger partial charge is 0.469 e. The Bertz CT molecular complexity index is 372. The van der Waals surface area contributed by atoms with Crippen LogP contribution in [0.3, 0.4) is 0 Å². The lowest BCUT2D eigenvalue weighted by Gasteiger charge is -2.24. The lowest BCUT2D eigenvalue weighted by atomic mass is 9.82. The van der Waals surface area contributed by atoms with Gasteiger partial charge in [-0.25, -0.2) is 4.98 Å². The molecule has 1 fully saturated rings. The van der Waals surface area contributed by atoms with Gasteiger partial charge in [-0.15, -0.1) is 0 Å². The SMILES string of the molecule is [B]c1noc(C2CCC(C(=O)OC)CC2)n1. The van der Waals surface area contributed by atoms with Crippen molar-refractivity contribution in [1.82, 2.24) is 10.1 Å². The first-order valence-corrected chi connectivity index (χ1v) is 5.37. The van der Waals surface area contributed by atoms with Crippen LogP contribution in [0.2, 0.25) is 0 Å². The van der Waals surface area contributed by atoms with Crippen LogP contribution in [0.1, 0.15) is 37.5 Å². The molecule has 6 heteroatoms. The highest BCUT2D eigenvalue weighted by atomic mass is 16.5. The summed E-state index contributed by atoms with van der Waals surface area (Å²) < 4.78 is 9.75. The molecule has 0 saturated heterocycles. The van der Waals surface area contributed by atoms with Gasteiger partial charge < -0.3 is 9.26 Å². The minimum atomic E-state index is -0.122. The quantitative estimate of drug-likeness (QED) is 0.530. The molecule has 2 radical (unpaired) electrons. The molecule has 0 bridgehead atoms. The van der Waals surface area contributed by atoms with Crippen molar-refractivity contribution >= 4 is 19.5 Å². The fraction of sp³-hybridized carbons (Fsp3) is 0.700. The molecule has 5 nitrogen and oxygen atoms in total. The van der Waals surface area contributed by atoms with Crippen molar-refractivity contribution in [2.45, 2.75) is 31.6 Å². The molecule has 0 aliphatic heterocycles. The summed E-state index contributed by atoms with van der Waals surface area (Å²) in [4.78, 5) is 15.3. The molecule has 0 spiro atoms. The highest BCUT2D eigenvalue weighted by Gasteiger charge is 2.30. The topological polar surface area (TPSA) is 65.2 Å². The van der Waals surface area contributed by atoms with Gasteiger partial charge in [-0.3, -0.25) is 4.79 Å². The van der Waals surface area contributed by atoms with E-state index >= 15 is 0 Å². The maximum absolute atomic E-state index is 11.3. The monoisotopic (exact) mass is 220 g/mol. The van der Waals surface area contributed by atoms with Gasteiger partial charge in [0.25, 0.3) is 0 Å². The van der Waals surface area contributed by atoms with Gasteiger partial charge in [0.1, 0.15) is 5.72 Å². The van der Waals surface area contributed by atoms with Crippen molar-refractivity contribution in [3.8, 4) is 0 Å². The second-order valence-electron chi connectivity index (χ2n) is 4.06. The van der Waals surface area contributed by atoms with E-state index in [-0.39, 0.29) is 23.5 Å². The van der Waals surface area contributed by atoms with Crippen LogP contribution in [-0.2, 0) is 9.53 Å². The molecule has 1 heterocycles. The van der Waals surface area contributed by atoms with E-state index in [4.69, 9.17) is 17.1 Å². The first-order valence-electron chi connectivity index (χ1n) is 5.37. The second-order valence-corrected chi connectivity index (χ2v) is 4.06. The van der Waals surface area contributed by atoms with Crippen LogP contribution in [0, 0.1) is 5.92 Å². The number of esters is 1. The van der Waals surface area contributed by atoms with Crippen LogP contribution in [-0.4, -0.2) is 31.1 Å². The van der Waals surface area contributed by atoms with E-state index in [1.807, 2.05) is 0 Å². The number of carbonyl (C=O) groups excluding carboxylic acids is 1. The molecule has 1 aromatic rings. The lowest BCUT2D eigenvalue weighted by molar-refractivity contribution is -0.146. The zero-order chi connectivity index (χ0) is 11.5. The number of methoxy groups -OCH3 is 1. The summed E-state index contributed by atoms with van der Waals surface area (Å²) in [6.45, 7) is 0. The van der Waals surface area contributed by atoms with Gasteiger partial charge >= 0.3 is 5.97 Å². The van der Waals surface area contributed by atoms with Gasteiger partial charge in [0.05, 0.1) is 13.0 Å². The van der Waals surface area contributed by atoms with Crippen LogP contribution in [0.4, 0.5) is 0 Å². The number of ether oxygens (including phenoxy) is 1. The van der Waals surface area contributed by atoms with Crippen molar-refractivity contribution in [3.63, 3.8) is 0 Å². The number of rotatable bonds is 2. The van der Waals surface area contributed by atoms with Crippen molar-refractivity contribution < 1.29 is 14.1 Å². The van der Waals surface area contributed by atoms with Crippen molar-refractivity contribution in [1.29, 1.82) is 0 Å². The van der Waals surface area contributed by atoms with Gasteiger partial charge in [0.2, 0.25) is 5.89 Å². The van der Waals surface area contributed by atoms with E-state index in [0.29, 0.717) is 5.89 Å². The molecule has 0 atom stereocenters. The molecule has 1 aliphatic carbocycles. The van der Waals surface area contributed by atoms with E-state index in [2.05, 4.69) is 10.1 Å². The van der Waals surface area contributed by atoms with Crippen LogP contribution in [0.5, 0.6) is 0 Å². The number of hydrogen-bond acceptors (Lipinski definition) is 5. The number of carbonyl (C=O) groups is 1. The number of hydrogen-bond donors (Lipinski definition) is 0. The average molecular weight is 220 g/mol. The van der Waals surface area contributed by atoms with Crippen molar-refractivity contribution in [2.24, 2.45) is 5.92 Å². The normalized spacial score (nSPS) is 25.3. The third-order valence-electron chi connectivity index (χ3n) is 3.07. The fourth-order valence-electron chi connectivity index (χ4n) is 2.16. The summed E-state index contributed by atoms with van der Waals surface area (Å²) in [5, 5.41) is 3.56. The average Bonchev–Trinajstić information content (AvgIpc) is 2.75. The number of aromatic nitrogens is 2. The van der Waals surface area contributed by atoms with Gasteiger partial charge in [-0.1, -0.05) is 5.16 Å². The predicted molar refractivity (Wildman–Crippen MR) is 56.4 cm³/mol. The van der Waals surface area contributed by atoms with Crippen LogP contribution in [0.15, 0.2) is 4.52 Å². The summed E-state index contributed by atoms with van der Waals surface area (Å²) in [6, 6.07) is 0. The van der Waals surface area contributed by atoms with E-state index in [1.54, 1.807) is 0 Å². The molecule has 84 valence electrons. The summed E-state index contributed by atoms with van der Waals surface area (Å²) in [5.41, 5.74) is 0.171. The molecule has 0 aromatic carbocycles. The minimum Gasteiger partial charge on any atom is -0.469 e. The lowest BCUT2D eigenvalue weighted by Crippen LogP contribution is -2.22. The van der Waals surface area contributed by atoms with Crippen molar-refractivity contribution in [2.75, 3.05) is 7.11 Å². The third kappa shape index (κ3) is 2.26. The Morgan fingerprint density at radius 2 is 2.12 bits per heavy atom. The van der Waals surface area contributed by atoms with Gasteiger partial charge in [0.15, 0.2) is 7.85 Å². The Kier molecular flexibility index (Phi) is 3.26. The van der Waals surface area contributed by atoms with Crippen LogP contribution >= 0.6 is 0 Å². The molecular weight excluding hydrogens is 207 g/mol. The molecule has 16 heavy (non-hydrogen) atoms. The standard InChI is InChI=1S/C10H13BN2O3/c1-15-9(14)7-4-2-6(3-5-7)8-12-10(11)13-16-8/h6-7H,2-5H2,1H3. The molecule has 1 aromatic heterocycles. The Morgan fingerprint density at radius 1 is 1.44 bits per heavy atom. The molecule has 0 N–H and O–H groups in total. The summed E-state index contributed by atoms with van der Waals surface area (Å²) >= 11 is 0.